The molecule has 2 aliphatic heterocycles. The summed E-state index contributed by atoms with van der Waals surface area (Å²) in [6.45, 7) is 2.75. The van der Waals surface area contributed by atoms with Crippen LogP contribution in [0.3, 0.4) is 0 Å². The van der Waals surface area contributed by atoms with Crippen LogP contribution < -0.4 is 5.32 Å². The largest absolute Gasteiger partial charge is 0.394 e. The minimum absolute atomic E-state index is 0.228. The molecule has 2 fully saturated rings. The van der Waals surface area contributed by atoms with Gasteiger partial charge in [-0.15, -0.1) is 0 Å². The van der Waals surface area contributed by atoms with E-state index >= 15 is 0 Å². The fourth-order valence-corrected chi connectivity index (χ4v) is 11.5. The normalized spacial score (nSPS) is 23.3. The quantitative estimate of drug-likeness (QED) is 0.0204. The molecule has 0 aromatic heterocycles. The van der Waals surface area contributed by atoms with Crippen molar-refractivity contribution in [2.75, 3.05) is 19.8 Å². The fraction of sp³-hybridized carbons (Fsp3) is 0.713. The first kappa shape index (κ1) is 86.2. The molecular formula is C80H135NO13. The van der Waals surface area contributed by atoms with Gasteiger partial charge in [0.05, 0.1) is 32.0 Å². The zero-order chi connectivity index (χ0) is 68.0. The smallest absolute Gasteiger partial charge is 0.220 e. The number of unbranched alkanes of at least 4 members (excludes halogenated alkanes) is 25. The van der Waals surface area contributed by atoms with Crippen molar-refractivity contribution in [1.82, 2.24) is 5.32 Å². The van der Waals surface area contributed by atoms with Crippen molar-refractivity contribution in [3.63, 3.8) is 0 Å². The summed E-state index contributed by atoms with van der Waals surface area (Å²) in [5, 5.41) is 87.7. The molecule has 0 aliphatic carbocycles. The summed E-state index contributed by atoms with van der Waals surface area (Å²) >= 11 is 0. The Kier molecular flexibility index (Phi) is 57.4. The molecule has 2 aliphatic rings. The predicted molar refractivity (Wildman–Crippen MR) is 387 cm³/mol. The van der Waals surface area contributed by atoms with Crippen molar-refractivity contribution >= 4 is 5.91 Å². The Morgan fingerprint density at radius 1 is 0.394 bits per heavy atom. The zero-order valence-electron chi connectivity index (χ0n) is 58.7. The van der Waals surface area contributed by atoms with Crippen LogP contribution in [0.2, 0.25) is 0 Å². The van der Waals surface area contributed by atoms with Crippen molar-refractivity contribution in [2.24, 2.45) is 0 Å². The summed E-state index contributed by atoms with van der Waals surface area (Å²) < 4.78 is 22.9. The van der Waals surface area contributed by atoms with E-state index in [-0.39, 0.29) is 18.9 Å². The highest BCUT2D eigenvalue weighted by atomic mass is 16.7. The van der Waals surface area contributed by atoms with Gasteiger partial charge in [0.25, 0.3) is 0 Å². The molecule has 12 atom stereocenters. The first-order valence-electron chi connectivity index (χ1n) is 37.4. The lowest BCUT2D eigenvalue weighted by Gasteiger charge is -2.46. The Balaban J connectivity index is 1.65. The minimum atomic E-state index is -1.79. The molecule has 2 heterocycles. The molecule has 12 unspecified atom stereocenters. The molecule has 0 saturated carbocycles. The summed E-state index contributed by atoms with van der Waals surface area (Å²) in [6.07, 6.45) is 76.0. The highest BCUT2D eigenvalue weighted by Crippen LogP contribution is 2.30. The molecule has 14 nitrogen and oxygen atoms in total. The highest BCUT2D eigenvalue weighted by Gasteiger charge is 2.51. The maximum Gasteiger partial charge on any atom is 0.220 e. The van der Waals surface area contributed by atoms with Crippen LogP contribution in [0.25, 0.3) is 0 Å². The number of hydrogen-bond donors (Lipinski definition) is 9. The predicted octanol–water partition coefficient (Wildman–Crippen LogP) is 16.2. The third-order valence-electron chi connectivity index (χ3n) is 17.4. The average Bonchev–Trinajstić information content (AvgIpc) is 0.794. The maximum absolute atomic E-state index is 13.4. The standard InChI is InChI=1S/C80H135NO13/c1-3-5-7-9-11-13-15-17-19-21-23-25-26-27-28-29-30-31-32-33-34-35-36-37-38-39-40-41-42-44-46-48-50-52-54-56-58-60-62-64-72(85)81-68(69(84)63-61-59-57-55-53-51-49-47-45-43-24-22-20-18-16-14-12-10-8-6-4-2)67-91-79-77(90)75(88)78(71(66-83)93-79)94-80-76(89)74(87)73(86)70(65-82)92-80/h5,7,11,13,17,19,23,25,27-28,30-31,33-34,36-37,39-40,42,44,48,50,68-71,73-80,82-84,86-90H,3-4,6,8-10,12,14-16,18,20-22,24,26,29,32,35,38,41,43,45-47,49,51-67H2,1-2H3,(H,81,85)/b7-5-,13-11-,19-17-,25-23-,28-27-,31-30-,34-33-,37-36-,40-39-,44-42-,50-48-. The van der Waals surface area contributed by atoms with E-state index in [0.717, 1.165) is 128 Å². The third-order valence-corrected chi connectivity index (χ3v) is 17.4. The van der Waals surface area contributed by atoms with Crippen LogP contribution in [0.1, 0.15) is 271 Å². The van der Waals surface area contributed by atoms with Gasteiger partial charge in [0.1, 0.15) is 48.8 Å². The summed E-state index contributed by atoms with van der Waals surface area (Å²) in [4.78, 5) is 13.4. The highest BCUT2D eigenvalue weighted by molar-refractivity contribution is 5.76. The van der Waals surface area contributed by atoms with Gasteiger partial charge in [-0.3, -0.25) is 4.79 Å². The van der Waals surface area contributed by atoms with Crippen LogP contribution >= 0.6 is 0 Å². The number of ether oxygens (including phenoxy) is 4. The van der Waals surface area contributed by atoms with Gasteiger partial charge >= 0.3 is 0 Å². The van der Waals surface area contributed by atoms with Crippen molar-refractivity contribution < 1.29 is 64.6 Å². The van der Waals surface area contributed by atoms with Crippen LogP contribution in [0.4, 0.5) is 0 Å². The molecule has 94 heavy (non-hydrogen) atoms. The summed E-state index contributed by atoms with van der Waals surface area (Å²) in [6, 6.07) is -0.851. The van der Waals surface area contributed by atoms with Crippen LogP contribution in [0, 0.1) is 0 Å². The Morgan fingerprint density at radius 2 is 0.734 bits per heavy atom. The second-order valence-electron chi connectivity index (χ2n) is 25.7. The molecule has 0 radical (unpaired) electrons. The van der Waals surface area contributed by atoms with Crippen molar-refractivity contribution in [3.05, 3.63) is 134 Å². The van der Waals surface area contributed by atoms with Crippen molar-refractivity contribution in [3.8, 4) is 0 Å². The molecule has 538 valence electrons. The Hall–Kier alpha value is -3.87. The molecule has 0 spiro atoms. The van der Waals surface area contributed by atoms with E-state index in [2.05, 4.69) is 153 Å². The van der Waals surface area contributed by atoms with E-state index in [1.54, 1.807) is 0 Å². The van der Waals surface area contributed by atoms with Gasteiger partial charge in [0.2, 0.25) is 5.91 Å². The van der Waals surface area contributed by atoms with E-state index in [0.29, 0.717) is 12.8 Å². The van der Waals surface area contributed by atoms with Gasteiger partial charge in [0.15, 0.2) is 12.6 Å². The summed E-state index contributed by atoms with van der Waals surface area (Å²) in [5.41, 5.74) is 0. The fourth-order valence-electron chi connectivity index (χ4n) is 11.5. The van der Waals surface area contributed by atoms with Gasteiger partial charge in [-0.1, -0.05) is 302 Å². The van der Waals surface area contributed by atoms with Gasteiger partial charge in [-0.25, -0.2) is 0 Å². The number of hydrogen-bond acceptors (Lipinski definition) is 13. The molecule has 1 amide bonds. The summed E-state index contributed by atoms with van der Waals surface area (Å²) in [5.74, 6) is -0.228. The van der Waals surface area contributed by atoms with Crippen LogP contribution in [-0.2, 0) is 23.7 Å². The molecular weight excluding hydrogens is 1180 g/mol. The molecule has 0 aromatic carbocycles. The number of carbonyl (C=O) groups excluding carboxylic acids is 1. The Morgan fingerprint density at radius 3 is 1.13 bits per heavy atom. The summed E-state index contributed by atoms with van der Waals surface area (Å²) in [7, 11) is 0. The van der Waals surface area contributed by atoms with Crippen LogP contribution in [-0.4, -0.2) is 140 Å². The average molecular weight is 1320 g/mol. The molecule has 14 heteroatoms. The third kappa shape index (κ3) is 45.6. The molecule has 2 rings (SSSR count). The first-order valence-corrected chi connectivity index (χ1v) is 37.4. The van der Waals surface area contributed by atoms with E-state index in [1.807, 2.05) is 0 Å². The number of rotatable bonds is 60. The van der Waals surface area contributed by atoms with Gasteiger partial charge in [-0.05, 0) is 96.3 Å². The van der Waals surface area contributed by atoms with Gasteiger partial charge < -0.3 is 65.1 Å². The Bertz CT molecular complexity index is 2090. The van der Waals surface area contributed by atoms with E-state index in [9.17, 15) is 45.6 Å². The lowest BCUT2D eigenvalue weighted by Crippen LogP contribution is -2.65. The first-order chi connectivity index (χ1) is 46.1. The number of nitrogens with one attached hydrogen (secondary N) is 1. The number of aliphatic hydroxyl groups excluding tert-OH is 8. The second kappa shape index (κ2) is 62.6. The van der Waals surface area contributed by atoms with E-state index in [4.69, 9.17) is 18.9 Å². The lowest BCUT2D eigenvalue weighted by atomic mass is 9.97. The molecule has 0 aromatic rings. The monoisotopic (exact) mass is 1320 g/mol. The minimum Gasteiger partial charge on any atom is -0.394 e. The van der Waals surface area contributed by atoms with Crippen molar-refractivity contribution in [2.45, 2.75) is 344 Å². The molecule has 9 N–H and O–H groups in total. The topological polar surface area (TPSA) is 228 Å². The maximum atomic E-state index is 13.4. The van der Waals surface area contributed by atoms with E-state index in [1.165, 1.54) is 109 Å². The number of amides is 1. The molecule has 2 saturated heterocycles. The number of carbonyl (C=O) groups is 1. The van der Waals surface area contributed by atoms with Crippen LogP contribution in [0.5, 0.6) is 0 Å². The Labute approximate surface area is 570 Å². The van der Waals surface area contributed by atoms with Crippen molar-refractivity contribution in [1.29, 1.82) is 0 Å². The second-order valence-corrected chi connectivity index (χ2v) is 25.7. The zero-order valence-corrected chi connectivity index (χ0v) is 58.7. The number of aliphatic hydroxyl groups is 8. The van der Waals surface area contributed by atoms with E-state index < -0.39 is 86.8 Å². The lowest BCUT2D eigenvalue weighted by molar-refractivity contribution is -0.359. The molecule has 0 bridgehead atoms. The van der Waals surface area contributed by atoms with Gasteiger partial charge in [-0.2, -0.15) is 0 Å². The van der Waals surface area contributed by atoms with Gasteiger partial charge in [0, 0.05) is 6.42 Å². The van der Waals surface area contributed by atoms with Crippen LogP contribution in [0.15, 0.2) is 134 Å². The number of allylic oxidation sites excluding steroid dienone is 22. The SMILES string of the molecule is CC/C=C\C/C=C\C/C=C\C/C=C\C/C=C\C/C=C\C/C=C\C/C=C\C/C=C\C/C=C\C/C=C\CCCCCCCC(=O)NC(COC1OC(CO)C(OC2OC(CO)C(O)C(O)C2O)C(O)C1O)C(O)CCCCCCCCCCCCCCCCCCCCCCC.